The van der Waals surface area contributed by atoms with Gasteiger partial charge in [-0.1, -0.05) is 84.4 Å². The van der Waals surface area contributed by atoms with Gasteiger partial charge in [-0.05, 0) is 30.3 Å². The van der Waals surface area contributed by atoms with Gasteiger partial charge in [-0.3, -0.25) is 4.98 Å². The molecular formula is C27H18ClN3. The molecule has 5 aromatic rings. The van der Waals surface area contributed by atoms with Crippen LogP contribution in [-0.2, 0) is 0 Å². The minimum atomic E-state index is 0.648. The van der Waals surface area contributed by atoms with E-state index in [4.69, 9.17) is 21.6 Å². The molecule has 148 valence electrons. The van der Waals surface area contributed by atoms with E-state index in [2.05, 4.69) is 29.2 Å². The summed E-state index contributed by atoms with van der Waals surface area (Å²) in [6.07, 6.45) is 1.82. The van der Waals surface area contributed by atoms with E-state index in [1.807, 2.05) is 85.1 Å². The van der Waals surface area contributed by atoms with Crippen LogP contribution >= 0.6 is 11.6 Å². The summed E-state index contributed by atoms with van der Waals surface area (Å²) in [4.78, 5) is 14.3. The van der Waals surface area contributed by atoms with Crippen LogP contribution in [0.4, 0.5) is 0 Å². The average molecular weight is 420 g/mol. The van der Waals surface area contributed by atoms with Crippen LogP contribution in [0.25, 0.3) is 45.2 Å². The molecule has 0 aliphatic carbocycles. The monoisotopic (exact) mass is 419 g/mol. The van der Waals surface area contributed by atoms with Crippen LogP contribution in [0.2, 0.25) is 5.02 Å². The Bertz CT molecular complexity index is 1240. The van der Waals surface area contributed by atoms with Gasteiger partial charge in [-0.25, -0.2) is 9.97 Å². The van der Waals surface area contributed by atoms with Crippen LogP contribution in [0.3, 0.4) is 0 Å². The van der Waals surface area contributed by atoms with Gasteiger partial charge in [0.2, 0.25) is 0 Å². The maximum absolute atomic E-state index is 6.00. The molecule has 0 amide bonds. The predicted octanol–water partition coefficient (Wildman–Crippen LogP) is 7.19. The first-order valence-corrected chi connectivity index (χ1v) is 10.4. The fourth-order valence-corrected chi connectivity index (χ4v) is 3.53. The second-order valence-corrected chi connectivity index (χ2v) is 7.57. The van der Waals surface area contributed by atoms with E-state index in [-0.39, 0.29) is 0 Å². The van der Waals surface area contributed by atoms with Gasteiger partial charge in [0, 0.05) is 33.5 Å². The molecule has 0 aliphatic heterocycles. The highest BCUT2D eigenvalue weighted by molar-refractivity contribution is 6.30. The van der Waals surface area contributed by atoms with E-state index in [0.29, 0.717) is 10.8 Å². The van der Waals surface area contributed by atoms with Crippen LogP contribution in [0.5, 0.6) is 0 Å². The minimum absolute atomic E-state index is 0.648. The van der Waals surface area contributed by atoms with E-state index in [9.17, 15) is 0 Å². The van der Waals surface area contributed by atoms with Crippen molar-refractivity contribution in [2.75, 3.05) is 0 Å². The Morgan fingerprint density at radius 2 is 1.00 bits per heavy atom. The minimum Gasteiger partial charge on any atom is -0.255 e. The summed E-state index contributed by atoms with van der Waals surface area (Å²) in [6, 6.07) is 34.0. The normalized spacial score (nSPS) is 10.7. The molecule has 2 aromatic heterocycles. The molecular weight excluding hydrogens is 402 g/mol. The van der Waals surface area contributed by atoms with Crippen LogP contribution in [0.1, 0.15) is 0 Å². The highest BCUT2D eigenvalue weighted by atomic mass is 35.5. The van der Waals surface area contributed by atoms with E-state index >= 15 is 0 Å². The summed E-state index contributed by atoms with van der Waals surface area (Å²) in [7, 11) is 0. The fourth-order valence-electron chi connectivity index (χ4n) is 3.41. The molecule has 0 radical (unpaired) electrons. The zero-order valence-corrected chi connectivity index (χ0v) is 17.4. The van der Waals surface area contributed by atoms with E-state index in [1.165, 1.54) is 0 Å². The third kappa shape index (κ3) is 4.23. The first kappa shape index (κ1) is 19.2. The molecule has 31 heavy (non-hydrogen) atoms. The number of hydrogen-bond donors (Lipinski definition) is 0. The molecule has 0 saturated carbocycles. The van der Waals surface area contributed by atoms with E-state index in [1.54, 1.807) is 0 Å². The standard InChI is InChI=1S/C27H18ClN3/c28-23-14-11-21(12-15-23)24-16-13-22(18-29-24)27-30-25(19-7-3-1-4-8-19)17-26(31-27)20-9-5-2-6-10-20/h1-18H. The lowest BCUT2D eigenvalue weighted by molar-refractivity contribution is 1.17. The van der Waals surface area contributed by atoms with Gasteiger partial charge in [0.15, 0.2) is 5.82 Å². The number of nitrogens with zero attached hydrogens (tertiary/aromatic N) is 3. The van der Waals surface area contributed by atoms with Gasteiger partial charge in [0.1, 0.15) is 0 Å². The summed E-state index contributed by atoms with van der Waals surface area (Å²) in [6.45, 7) is 0. The summed E-state index contributed by atoms with van der Waals surface area (Å²) in [5, 5.41) is 0.708. The Labute approximate surface area is 186 Å². The molecule has 0 spiro atoms. The van der Waals surface area contributed by atoms with Gasteiger partial charge in [-0.2, -0.15) is 0 Å². The Kier molecular flexibility index (Phi) is 5.26. The Morgan fingerprint density at radius 3 is 1.52 bits per heavy atom. The summed E-state index contributed by atoms with van der Waals surface area (Å²) >= 11 is 6.00. The SMILES string of the molecule is Clc1ccc(-c2ccc(-c3nc(-c4ccccc4)cc(-c4ccccc4)n3)cn2)cc1. The first-order chi connectivity index (χ1) is 15.3. The molecule has 5 rings (SSSR count). The molecule has 0 saturated heterocycles. The van der Waals surface area contributed by atoms with Crippen LogP contribution < -0.4 is 0 Å². The third-order valence-electron chi connectivity index (χ3n) is 5.03. The first-order valence-electron chi connectivity index (χ1n) is 9.98. The van der Waals surface area contributed by atoms with Crippen molar-refractivity contribution in [3.05, 3.63) is 114 Å². The van der Waals surface area contributed by atoms with Gasteiger partial charge in [0.25, 0.3) is 0 Å². The van der Waals surface area contributed by atoms with Gasteiger partial charge in [0.05, 0.1) is 17.1 Å². The molecule has 0 atom stereocenters. The second kappa shape index (κ2) is 8.50. The van der Waals surface area contributed by atoms with Crippen LogP contribution in [0.15, 0.2) is 109 Å². The zero-order valence-electron chi connectivity index (χ0n) is 16.6. The molecule has 0 unspecified atom stereocenters. The van der Waals surface area contributed by atoms with Crippen molar-refractivity contribution in [2.24, 2.45) is 0 Å². The van der Waals surface area contributed by atoms with Crippen LogP contribution in [-0.4, -0.2) is 15.0 Å². The summed E-state index contributed by atoms with van der Waals surface area (Å²) in [5.74, 6) is 0.648. The van der Waals surface area contributed by atoms with Crippen molar-refractivity contribution in [1.82, 2.24) is 15.0 Å². The third-order valence-corrected chi connectivity index (χ3v) is 5.28. The molecule has 3 aromatic carbocycles. The molecule has 0 fully saturated rings. The lowest BCUT2D eigenvalue weighted by Gasteiger charge is -2.09. The van der Waals surface area contributed by atoms with Crippen molar-refractivity contribution in [3.63, 3.8) is 0 Å². The van der Waals surface area contributed by atoms with Crippen molar-refractivity contribution in [2.45, 2.75) is 0 Å². The number of rotatable bonds is 4. The number of hydrogen-bond acceptors (Lipinski definition) is 3. The highest BCUT2D eigenvalue weighted by Gasteiger charge is 2.11. The predicted molar refractivity (Wildman–Crippen MR) is 127 cm³/mol. The Hall–Kier alpha value is -3.82. The topological polar surface area (TPSA) is 38.7 Å². The van der Waals surface area contributed by atoms with Crippen molar-refractivity contribution < 1.29 is 0 Å². The lowest BCUT2D eigenvalue weighted by atomic mass is 10.1. The summed E-state index contributed by atoms with van der Waals surface area (Å²) in [5.41, 5.74) is 6.62. The van der Waals surface area contributed by atoms with Gasteiger partial charge < -0.3 is 0 Å². The van der Waals surface area contributed by atoms with Gasteiger partial charge >= 0.3 is 0 Å². The smallest absolute Gasteiger partial charge is 0.161 e. The largest absolute Gasteiger partial charge is 0.255 e. The summed E-state index contributed by atoms with van der Waals surface area (Å²) < 4.78 is 0. The molecule has 2 heterocycles. The maximum Gasteiger partial charge on any atom is 0.161 e. The lowest BCUT2D eigenvalue weighted by Crippen LogP contribution is -1.96. The van der Waals surface area contributed by atoms with Crippen molar-refractivity contribution in [1.29, 1.82) is 0 Å². The second-order valence-electron chi connectivity index (χ2n) is 7.13. The van der Waals surface area contributed by atoms with Crippen molar-refractivity contribution >= 4 is 11.6 Å². The molecule has 0 N–H and O–H groups in total. The molecule has 3 nitrogen and oxygen atoms in total. The number of halogens is 1. The molecule has 0 aliphatic rings. The molecule has 4 heteroatoms. The quantitative estimate of drug-likeness (QED) is 0.309. The maximum atomic E-state index is 6.00. The van der Waals surface area contributed by atoms with Crippen LogP contribution in [0, 0.1) is 0 Å². The number of aromatic nitrogens is 3. The van der Waals surface area contributed by atoms with Gasteiger partial charge in [-0.15, -0.1) is 0 Å². The average Bonchev–Trinajstić information content (AvgIpc) is 2.85. The van der Waals surface area contributed by atoms with Crippen molar-refractivity contribution in [3.8, 4) is 45.2 Å². The van der Waals surface area contributed by atoms with E-state index < -0.39 is 0 Å². The number of benzene rings is 3. The Morgan fingerprint density at radius 1 is 0.484 bits per heavy atom. The highest BCUT2D eigenvalue weighted by Crippen LogP contribution is 2.28. The fraction of sp³-hybridized carbons (Fsp3) is 0. The van der Waals surface area contributed by atoms with E-state index in [0.717, 1.165) is 39.3 Å². The number of pyridine rings is 1. The molecule has 0 bridgehead atoms. The Balaban J connectivity index is 1.58. The zero-order chi connectivity index (χ0) is 21.0.